The van der Waals surface area contributed by atoms with Gasteiger partial charge in [0.1, 0.15) is 0 Å². The smallest absolute Gasteiger partial charge is 0.0631 e. The van der Waals surface area contributed by atoms with Crippen molar-refractivity contribution >= 4 is 0 Å². The number of fused-ring (bicyclic) bond motifs is 1. The fraction of sp³-hybridized carbons (Fsp3) is 0.857. The van der Waals surface area contributed by atoms with E-state index in [-0.39, 0.29) is 12.5 Å². The van der Waals surface area contributed by atoms with E-state index in [0.717, 1.165) is 24.3 Å². The standard InChI is InChI=1S/C28H48O4/c1-19(7-5-14-27(2,3)32)23-11-12-24-21(8-6-15-28(23,24)4)10-9-20-17-25(30)22(13-16-29)26(31)18-20/h9-10,19,22-26,29-32H,5-8,11-18H2,1-4H3/t19-,22?,23?,24?,25+,26+,28?/m0/s1. The Labute approximate surface area is 195 Å². The van der Waals surface area contributed by atoms with Crippen LogP contribution in [0.2, 0.25) is 0 Å². The van der Waals surface area contributed by atoms with Crippen LogP contribution in [-0.2, 0) is 0 Å². The molecule has 0 aromatic heterocycles. The third-order valence-electron chi connectivity index (χ3n) is 9.10. The number of rotatable bonds is 8. The van der Waals surface area contributed by atoms with E-state index in [0.29, 0.717) is 36.5 Å². The van der Waals surface area contributed by atoms with Gasteiger partial charge in [0.05, 0.1) is 17.8 Å². The average molecular weight is 449 g/mol. The Morgan fingerprint density at radius 1 is 1.12 bits per heavy atom. The number of aliphatic hydroxyl groups is 4. The topological polar surface area (TPSA) is 80.9 Å². The molecule has 3 unspecified atom stereocenters. The highest BCUT2D eigenvalue weighted by Crippen LogP contribution is 2.60. The molecule has 6 atom stereocenters. The van der Waals surface area contributed by atoms with Gasteiger partial charge >= 0.3 is 0 Å². The molecule has 32 heavy (non-hydrogen) atoms. The van der Waals surface area contributed by atoms with Crippen molar-refractivity contribution in [3.8, 4) is 0 Å². The quantitative estimate of drug-likeness (QED) is 0.414. The summed E-state index contributed by atoms with van der Waals surface area (Å²) in [6, 6.07) is 0. The summed E-state index contributed by atoms with van der Waals surface area (Å²) in [5, 5.41) is 40.1. The van der Waals surface area contributed by atoms with E-state index in [2.05, 4.69) is 26.0 Å². The van der Waals surface area contributed by atoms with E-state index in [4.69, 9.17) is 0 Å². The fourth-order valence-electron chi connectivity index (χ4n) is 7.35. The van der Waals surface area contributed by atoms with Crippen LogP contribution in [0.1, 0.15) is 98.3 Å². The molecule has 3 saturated carbocycles. The average Bonchev–Trinajstić information content (AvgIpc) is 3.05. The Hall–Kier alpha value is -0.680. The van der Waals surface area contributed by atoms with Crippen molar-refractivity contribution in [2.75, 3.05) is 6.61 Å². The number of hydrogen-bond donors (Lipinski definition) is 4. The van der Waals surface area contributed by atoms with Gasteiger partial charge in [-0.3, -0.25) is 0 Å². The second kappa shape index (κ2) is 10.7. The lowest BCUT2D eigenvalue weighted by atomic mass is 9.60. The summed E-state index contributed by atoms with van der Waals surface area (Å²) in [5.74, 6) is 1.88. The van der Waals surface area contributed by atoms with Crippen molar-refractivity contribution < 1.29 is 20.4 Å². The highest BCUT2D eigenvalue weighted by molar-refractivity contribution is 5.26. The van der Waals surface area contributed by atoms with Gasteiger partial charge in [-0.15, -0.1) is 0 Å². The van der Waals surface area contributed by atoms with Gasteiger partial charge in [0, 0.05) is 12.5 Å². The van der Waals surface area contributed by atoms with E-state index in [9.17, 15) is 20.4 Å². The number of hydrogen-bond acceptors (Lipinski definition) is 4. The zero-order chi connectivity index (χ0) is 23.5. The number of aliphatic hydroxyl groups excluding tert-OH is 3. The Bertz CT molecular complexity index is 661. The van der Waals surface area contributed by atoms with Gasteiger partial charge in [-0.2, -0.15) is 0 Å². The number of allylic oxidation sites excluding steroid dienone is 3. The Morgan fingerprint density at radius 2 is 1.81 bits per heavy atom. The highest BCUT2D eigenvalue weighted by Gasteiger charge is 2.50. The van der Waals surface area contributed by atoms with Gasteiger partial charge in [0.2, 0.25) is 0 Å². The van der Waals surface area contributed by atoms with Crippen molar-refractivity contribution in [2.45, 2.75) is 116 Å². The maximum absolute atomic E-state index is 10.4. The minimum absolute atomic E-state index is 0.0134. The minimum Gasteiger partial charge on any atom is -0.396 e. The van der Waals surface area contributed by atoms with Gasteiger partial charge in [-0.1, -0.05) is 50.0 Å². The summed E-state index contributed by atoms with van der Waals surface area (Å²) in [6.07, 6.45) is 14.5. The van der Waals surface area contributed by atoms with Crippen molar-refractivity contribution in [3.05, 3.63) is 23.3 Å². The summed E-state index contributed by atoms with van der Waals surface area (Å²) in [5.41, 5.74) is 2.51. The monoisotopic (exact) mass is 448 g/mol. The summed E-state index contributed by atoms with van der Waals surface area (Å²) >= 11 is 0. The van der Waals surface area contributed by atoms with E-state index in [1.165, 1.54) is 38.5 Å². The molecule has 0 aromatic rings. The van der Waals surface area contributed by atoms with E-state index >= 15 is 0 Å². The first-order valence-corrected chi connectivity index (χ1v) is 13.1. The molecule has 3 fully saturated rings. The molecule has 0 heterocycles. The maximum atomic E-state index is 10.4. The van der Waals surface area contributed by atoms with E-state index in [1.54, 1.807) is 5.57 Å². The summed E-state index contributed by atoms with van der Waals surface area (Å²) in [6.45, 7) is 8.79. The van der Waals surface area contributed by atoms with Crippen molar-refractivity contribution in [3.63, 3.8) is 0 Å². The Balaban J connectivity index is 1.65. The minimum atomic E-state index is -0.562. The third kappa shape index (κ3) is 6.05. The molecule has 0 saturated heterocycles. The molecule has 4 nitrogen and oxygen atoms in total. The molecule has 0 aliphatic heterocycles. The lowest BCUT2D eigenvalue weighted by Crippen LogP contribution is -2.37. The highest BCUT2D eigenvalue weighted by atomic mass is 16.3. The lowest BCUT2D eigenvalue weighted by Gasteiger charge is -2.44. The van der Waals surface area contributed by atoms with E-state index < -0.39 is 17.8 Å². The first-order chi connectivity index (χ1) is 15.0. The molecule has 184 valence electrons. The second-order valence-electron chi connectivity index (χ2n) is 12.1. The first-order valence-electron chi connectivity index (χ1n) is 13.1. The predicted molar refractivity (Wildman–Crippen MR) is 130 cm³/mol. The van der Waals surface area contributed by atoms with Crippen LogP contribution in [0.15, 0.2) is 23.3 Å². The Morgan fingerprint density at radius 3 is 2.44 bits per heavy atom. The van der Waals surface area contributed by atoms with Crippen LogP contribution < -0.4 is 0 Å². The molecule has 3 aliphatic carbocycles. The molecule has 4 heteroatoms. The zero-order valence-electron chi connectivity index (χ0n) is 20.9. The Kier molecular flexibility index (Phi) is 8.68. The van der Waals surface area contributed by atoms with Crippen LogP contribution in [0.4, 0.5) is 0 Å². The third-order valence-corrected chi connectivity index (χ3v) is 9.10. The molecule has 4 N–H and O–H groups in total. The molecule has 0 bridgehead atoms. The van der Waals surface area contributed by atoms with Gasteiger partial charge in [-0.05, 0) is 94.8 Å². The van der Waals surface area contributed by atoms with Crippen LogP contribution in [0, 0.1) is 29.1 Å². The summed E-state index contributed by atoms with van der Waals surface area (Å²) < 4.78 is 0. The van der Waals surface area contributed by atoms with Gasteiger partial charge in [0.25, 0.3) is 0 Å². The summed E-state index contributed by atoms with van der Waals surface area (Å²) in [4.78, 5) is 0. The molecule has 0 aromatic carbocycles. The van der Waals surface area contributed by atoms with Crippen molar-refractivity contribution in [1.82, 2.24) is 0 Å². The van der Waals surface area contributed by atoms with Crippen molar-refractivity contribution in [1.29, 1.82) is 0 Å². The van der Waals surface area contributed by atoms with Crippen molar-refractivity contribution in [2.24, 2.45) is 29.1 Å². The maximum Gasteiger partial charge on any atom is 0.0631 e. The normalized spacial score (nSPS) is 38.1. The second-order valence-corrected chi connectivity index (χ2v) is 12.1. The molecule has 3 aliphatic rings. The zero-order valence-corrected chi connectivity index (χ0v) is 20.9. The predicted octanol–water partition coefficient (Wildman–Crippen LogP) is 5.15. The van der Waals surface area contributed by atoms with Crippen LogP contribution in [-0.4, -0.2) is 44.8 Å². The van der Waals surface area contributed by atoms with Crippen LogP contribution in [0.3, 0.4) is 0 Å². The SMILES string of the molecule is C[C@@H](CCCC(C)(C)O)C1CCC2C(=CC=C3C[C@@H](O)C(CCO)[C@H](O)C3)CCCC21C. The summed E-state index contributed by atoms with van der Waals surface area (Å²) in [7, 11) is 0. The molecule has 0 spiro atoms. The van der Waals surface area contributed by atoms with Crippen LogP contribution in [0.5, 0.6) is 0 Å². The van der Waals surface area contributed by atoms with Gasteiger partial charge in [-0.25, -0.2) is 0 Å². The molecule has 0 radical (unpaired) electrons. The molecular formula is C28H48O4. The molecule has 0 amide bonds. The fourth-order valence-corrected chi connectivity index (χ4v) is 7.35. The molecular weight excluding hydrogens is 400 g/mol. The largest absolute Gasteiger partial charge is 0.396 e. The van der Waals surface area contributed by atoms with Gasteiger partial charge in [0.15, 0.2) is 0 Å². The van der Waals surface area contributed by atoms with Gasteiger partial charge < -0.3 is 20.4 Å². The van der Waals surface area contributed by atoms with Crippen LogP contribution >= 0.6 is 0 Å². The lowest BCUT2D eigenvalue weighted by molar-refractivity contribution is -0.0163. The molecule has 3 rings (SSSR count). The first kappa shape index (κ1) is 25.9. The van der Waals surface area contributed by atoms with Crippen LogP contribution in [0.25, 0.3) is 0 Å². The van der Waals surface area contributed by atoms with E-state index in [1.807, 2.05) is 13.8 Å².